The second-order valence-electron chi connectivity index (χ2n) is 0.428. The second-order valence-corrected chi connectivity index (χ2v) is 1.28. The summed E-state index contributed by atoms with van der Waals surface area (Å²) in [5.74, 6) is 0. The van der Waals surface area contributed by atoms with E-state index in [9.17, 15) is 8.42 Å². The fraction of sp³-hybridized carbons (Fsp3) is 0. The van der Waals surface area contributed by atoms with Crippen molar-refractivity contribution in [2.45, 2.75) is 0 Å². The quantitative estimate of drug-likeness (QED) is 0.425. The first-order valence-corrected chi connectivity index (χ1v) is 2.05. The standard InChI is InChI=1S/H3NO3S/c1-5(2,3)4/h(H3,1,2,3,4)/i/hD3. The van der Waals surface area contributed by atoms with E-state index in [4.69, 9.17) is 4.25 Å². The summed E-state index contributed by atoms with van der Waals surface area (Å²) in [6.45, 7) is 0. The summed E-state index contributed by atoms with van der Waals surface area (Å²) in [6, 6.07) is 0. The Kier molecular flexibility index (Phi) is 0.286. The van der Waals surface area contributed by atoms with Crippen LogP contribution in [0, 0.1) is 0 Å². The van der Waals surface area contributed by atoms with Crippen LogP contribution in [0.25, 0.3) is 1.43 Å². The van der Waals surface area contributed by atoms with Crippen LogP contribution in [-0.2, 0) is 10.3 Å². The van der Waals surface area contributed by atoms with Gasteiger partial charge in [-0.25, -0.2) is 5.13 Å². The van der Waals surface area contributed by atoms with Gasteiger partial charge in [0.2, 0.25) is 1.43 Å². The van der Waals surface area contributed by atoms with Gasteiger partial charge in [-0.15, -0.1) is 0 Å². The number of rotatable bonds is 2. The van der Waals surface area contributed by atoms with Crippen LogP contribution in [0.1, 0.15) is 0 Å². The average Bonchev–Trinajstić information content (AvgIpc) is 1.67. The van der Waals surface area contributed by atoms with Gasteiger partial charge in [-0.05, 0) is 0 Å². The first-order chi connectivity index (χ1) is 3.50. The molecular formula is H3NO3S. The van der Waals surface area contributed by atoms with Crippen LogP contribution in [0.4, 0.5) is 0 Å². The summed E-state index contributed by atoms with van der Waals surface area (Å²) in [7, 11) is -4.40. The minimum atomic E-state index is -4.40. The summed E-state index contributed by atoms with van der Waals surface area (Å²) in [6.07, 6.45) is 0. The Balaban J connectivity index is 4.17. The van der Waals surface area contributed by atoms with E-state index >= 15 is 0 Å². The molecule has 0 aromatic carbocycles. The molecule has 3 N–H and O–H groups in total. The van der Waals surface area contributed by atoms with Crippen LogP contribution >= 0.6 is 0 Å². The second kappa shape index (κ2) is 0.925. The first-order valence-electron chi connectivity index (χ1n) is 1.99. The summed E-state index contributed by atoms with van der Waals surface area (Å²) < 4.78 is 40.5. The van der Waals surface area contributed by atoms with E-state index in [0.29, 0.717) is 0 Å². The molecule has 0 aromatic heterocycles. The third-order valence-corrected chi connectivity index (χ3v) is 0. The molecule has 0 fully saturated rings. The SMILES string of the molecule is [2H]OS(=O)(=O)N([2H])[2H]. The Morgan fingerprint density at radius 1 is 2.20 bits per heavy atom. The van der Waals surface area contributed by atoms with Crippen molar-refractivity contribution in [2.75, 3.05) is 0 Å². The van der Waals surface area contributed by atoms with Gasteiger partial charge in [0.25, 0.3) is 0 Å². The molecule has 0 saturated heterocycles. The summed E-state index contributed by atoms with van der Waals surface area (Å²) in [4.78, 5) is 0. The van der Waals surface area contributed by atoms with E-state index in [0.717, 1.165) is 0 Å². The van der Waals surface area contributed by atoms with Gasteiger partial charge in [0, 0.05) is 0 Å². The van der Waals surface area contributed by atoms with Gasteiger partial charge in [-0.3, -0.25) is 4.56 Å². The third-order valence-electron chi connectivity index (χ3n) is 0. The molecule has 0 rings (SSSR count). The molecule has 5 heteroatoms. The normalized spacial score (nSPS) is 20.6. The first kappa shape index (κ1) is 1.55. The highest BCUT2D eigenvalue weighted by molar-refractivity contribution is 7.83. The molecule has 0 heterocycles. The molecule has 0 amide bonds. The molecule has 0 radical (unpaired) electrons. The number of nitrogens with two attached hydrogens (primary N) is 1. The van der Waals surface area contributed by atoms with Crippen molar-refractivity contribution < 1.29 is 15.8 Å². The monoisotopic (exact) mass is 100 g/mol. The lowest BCUT2D eigenvalue weighted by Crippen LogP contribution is -2.08. The Hall–Kier alpha value is -0.130. The topological polar surface area (TPSA) is 80.4 Å². The van der Waals surface area contributed by atoms with Crippen LogP contribution in [0.2, 0.25) is 2.82 Å². The van der Waals surface area contributed by atoms with E-state index in [1.165, 1.54) is 0 Å². The highest BCUT2D eigenvalue weighted by atomic mass is 32.2. The Labute approximate surface area is 33.9 Å². The Morgan fingerprint density at radius 2 is 2.80 bits per heavy atom. The smallest absolute Gasteiger partial charge is 0.274 e. The van der Waals surface area contributed by atoms with E-state index in [2.05, 4.69) is 4.56 Å². The summed E-state index contributed by atoms with van der Waals surface area (Å²) in [5.41, 5.74) is 0. The molecule has 0 aromatic rings. The lowest BCUT2D eigenvalue weighted by atomic mass is 13.9. The molecule has 0 aliphatic heterocycles. The van der Waals surface area contributed by atoms with Crippen molar-refractivity contribution in [3.05, 3.63) is 0 Å². The molecule has 0 aliphatic carbocycles. The van der Waals surface area contributed by atoms with Crippen molar-refractivity contribution in [2.24, 2.45) is 5.13 Å². The van der Waals surface area contributed by atoms with Crippen molar-refractivity contribution in [3.63, 3.8) is 0 Å². The highest BCUT2D eigenvalue weighted by Crippen LogP contribution is 1.50. The third kappa shape index (κ3) is 801. The molecule has 0 saturated carbocycles. The van der Waals surface area contributed by atoms with Crippen molar-refractivity contribution in [3.8, 4) is 0 Å². The average molecular weight is 100 g/mol. The fourth-order valence-electron chi connectivity index (χ4n) is 0. The zero-order valence-electron chi connectivity index (χ0n) is 5.08. The predicted molar refractivity (Wildman–Crippen MR) is 15.7 cm³/mol. The van der Waals surface area contributed by atoms with Gasteiger partial charge in [-0.2, -0.15) is 8.42 Å². The molecule has 0 spiro atoms. The van der Waals surface area contributed by atoms with Gasteiger partial charge in [0.15, 0.2) is 0 Å². The number of hydrogen-bond acceptors (Lipinski definition) is 3. The molecule has 0 atom stereocenters. The summed E-state index contributed by atoms with van der Waals surface area (Å²) in [5, 5.41) is -0.694. The van der Waals surface area contributed by atoms with E-state index in [1.807, 2.05) is 0 Å². The van der Waals surface area contributed by atoms with Crippen LogP contribution in [0.3, 0.4) is 0 Å². The van der Waals surface area contributed by atoms with E-state index in [-0.39, 0.29) is 0 Å². The molecule has 0 aliphatic rings. The lowest BCUT2D eigenvalue weighted by Gasteiger charge is -1.70. The minimum absolute atomic E-state index is 0.694. The van der Waals surface area contributed by atoms with E-state index in [1.54, 1.807) is 0 Å². The largest absolute Gasteiger partial charge is 0.330 e. The van der Waals surface area contributed by atoms with Crippen LogP contribution < -0.4 is 5.13 Å². The zero-order chi connectivity index (χ0) is 6.78. The maximum absolute atomic E-state index is 9.84. The van der Waals surface area contributed by atoms with Crippen molar-refractivity contribution in [1.29, 1.82) is 1.43 Å². The highest BCUT2D eigenvalue weighted by Gasteiger charge is 1.81. The lowest BCUT2D eigenvalue weighted by molar-refractivity contribution is 0.485. The predicted octanol–water partition coefficient (Wildman–Crippen LogP) is -1.25. The summed E-state index contributed by atoms with van der Waals surface area (Å²) >= 11 is 0. The molecular weight excluding hydrogens is 94.1 g/mol. The van der Waals surface area contributed by atoms with Crippen molar-refractivity contribution in [1.82, 2.24) is 0 Å². The maximum Gasteiger partial charge on any atom is 0.330 e. The fourth-order valence-corrected chi connectivity index (χ4v) is 0. The molecule has 5 heavy (non-hydrogen) atoms. The maximum atomic E-state index is 9.84. The van der Waals surface area contributed by atoms with Crippen LogP contribution in [-0.4, -0.2) is 13.0 Å². The van der Waals surface area contributed by atoms with Crippen LogP contribution in [0.5, 0.6) is 0 Å². The molecule has 32 valence electrons. The number of hydrogen-bond donors (Lipinski definition) is 2. The molecule has 0 unspecified atom stereocenters. The zero-order valence-corrected chi connectivity index (χ0v) is 2.90. The van der Waals surface area contributed by atoms with Crippen molar-refractivity contribution >= 4 is 10.3 Å². The van der Waals surface area contributed by atoms with E-state index < -0.39 is 15.4 Å². The van der Waals surface area contributed by atoms with Gasteiger partial charge in [0.1, 0.15) is 2.82 Å². The van der Waals surface area contributed by atoms with Crippen LogP contribution in [0.15, 0.2) is 0 Å². The molecule has 4 nitrogen and oxygen atoms in total. The van der Waals surface area contributed by atoms with Gasteiger partial charge < -0.3 is 0 Å². The van der Waals surface area contributed by atoms with Gasteiger partial charge in [-0.1, -0.05) is 0 Å². The molecule has 0 bridgehead atoms. The minimum Gasteiger partial charge on any atom is -0.274 e. The Bertz CT molecular complexity index is 148. The van der Waals surface area contributed by atoms with Gasteiger partial charge in [0.05, 0.1) is 0 Å². The van der Waals surface area contributed by atoms with Gasteiger partial charge >= 0.3 is 10.3 Å². The Morgan fingerprint density at radius 3 is 2.80 bits per heavy atom.